The molecule has 0 atom stereocenters. The van der Waals surface area contributed by atoms with Crippen molar-refractivity contribution in [3.8, 4) is 6.07 Å². The van der Waals surface area contributed by atoms with Crippen molar-refractivity contribution >= 4 is 23.4 Å². The fourth-order valence-electron chi connectivity index (χ4n) is 5.47. The maximum atomic E-state index is 14.9. The molecule has 3 amide bonds. The Balaban J connectivity index is 1.42. The number of carbonyl (C=O) groups excluding carboxylic acids is 3. The van der Waals surface area contributed by atoms with Crippen molar-refractivity contribution in [2.45, 2.75) is 56.1 Å². The average Bonchev–Trinajstić information content (AvgIpc) is 2.84. The lowest BCUT2D eigenvalue weighted by Crippen LogP contribution is -2.74. The summed E-state index contributed by atoms with van der Waals surface area (Å²) in [6, 6.07) is 9.37. The highest BCUT2D eigenvalue weighted by molar-refractivity contribution is 6.10. The predicted molar refractivity (Wildman–Crippen MR) is 128 cm³/mol. The van der Waals surface area contributed by atoms with Crippen LogP contribution in [0.3, 0.4) is 0 Å². The van der Waals surface area contributed by atoms with Crippen LogP contribution in [0, 0.1) is 23.1 Å². The van der Waals surface area contributed by atoms with Gasteiger partial charge < -0.3 is 15.3 Å². The van der Waals surface area contributed by atoms with Gasteiger partial charge in [-0.1, -0.05) is 12.1 Å². The predicted octanol–water partition coefficient (Wildman–Crippen LogP) is 2.88. The highest BCUT2D eigenvalue weighted by atomic mass is 19.4. The minimum atomic E-state index is -4.53. The number of carbonyl (C=O) groups is 3. The van der Waals surface area contributed by atoms with E-state index < -0.39 is 53.5 Å². The smallest absolute Gasteiger partial charge is 0.393 e. The van der Waals surface area contributed by atoms with Crippen molar-refractivity contribution in [3.63, 3.8) is 0 Å². The summed E-state index contributed by atoms with van der Waals surface area (Å²) < 4.78 is 53.9. The van der Waals surface area contributed by atoms with Crippen molar-refractivity contribution in [1.29, 1.82) is 5.26 Å². The molecule has 1 heterocycles. The molecule has 2 aliphatic carbocycles. The number of nitriles is 1. The Kier molecular flexibility index (Phi) is 6.58. The van der Waals surface area contributed by atoms with Crippen molar-refractivity contribution in [2.24, 2.45) is 5.92 Å². The number of hydrogen-bond donors (Lipinski definition) is 2. The lowest BCUT2D eigenvalue weighted by Gasteiger charge is -2.56. The molecule has 2 saturated carbocycles. The second-order valence-electron chi connectivity index (χ2n) is 10.3. The van der Waals surface area contributed by atoms with Crippen LogP contribution < -0.4 is 10.2 Å². The minimum absolute atomic E-state index is 0.0344. The first-order chi connectivity index (χ1) is 18.4. The number of amides is 3. The number of aliphatic hydroxyl groups excluding tert-OH is 1. The number of hydrogen-bond acceptors (Lipinski definition) is 5. The molecule has 2 aromatic carbocycles. The van der Waals surface area contributed by atoms with Gasteiger partial charge in [0.05, 0.1) is 29.0 Å². The number of nitrogens with one attached hydrogen (secondary N) is 1. The molecule has 0 bridgehead atoms. The number of rotatable bonds is 5. The Morgan fingerprint density at radius 2 is 1.79 bits per heavy atom. The van der Waals surface area contributed by atoms with Gasteiger partial charge in [-0.25, -0.2) is 4.39 Å². The Morgan fingerprint density at radius 1 is 1.13 bits per heavy atom. The first-order valence-electron chi connectivity index (χ1n) is 12.4. The normalized spacial score (nSPS) is 26.6. The fraction of sp³-hybridized carbons (Fsp3) is 0.407. The molecule has 5 rings (SSSR count). The quantitative estimate of drug-likeness (QED) is 0.562. The largest absolute Gasteiger partial charge is 0.416 e. The number of piperazine rings is 1. The second kappa shape index (κ2) is 9.64. The number of aliphatic hydroxyl groups is 1. The maximum Gasteiger partial charge on any atom is 0.416 e. The summed E-state index contributed by atoms with van der Waals surface area (Å²) in [5.41, 5.74) is -2.15. The summed E-state index contributed by atoms with van der Waals surface area (Å²) in [6.45, 7) is -0.684. The van der Waals surface area contributed by atoms with Crippen molar-refractivity contribution in [1.82, 2.24) is 10.2 Å². The van der Waals surface area contributed by atoms with Gasteiger partial charge in [-0.2, -0.15) is 18.4 Å². The van der Waals surface area contributed by atoms with Gasteiger partial charge in [0.2, 0.25) is 11.8 Å². The lowest BCUT2D eigenvalue weighted by molar-refractivity contribution is -0.165. The summed E-state index contributed by atoms with van der Waals surface area (Å²) in [4.78, 5) is 42.3. The van der Waals surface area contributed by atoms with E-state index in [-0.39, 0.29) is 42.6 Å². The molecule has 0 aromatic heterocycles. The molecule has 2 aromatic rings. The molecule has 1 spiro atoms. The number of halogens is 4. The van der Waals surface area contributed by atoms with E-state index in [2.05, 4.69) is 5.32 Å². The van der Waals surface area contributed by atoms with Crippen LogP contribution in [0.4, 0.5) is 23.2 Å². The first kappa shape index (κ1) is 26.6. The molecule has 8 nitrogen and oxygen atoms in total. The van der Waals surface area contributed by atoms with E-state index in [1.54, 1.807) is 6.07 Å². The molecular weight excluding hydrogens is 520 g/mol. The standard InChI is InChI=1S/C27H24F4N4O4/c28-21-7-16(12-32)3-6-22(21)34-14-23(37)35(13-15-1-4-18(5-2-15)27(29,30)31)26(25(34)39)10-17(11-26)24(38)33-19-8-20(36)9-19/h1-7,17,19-20,36H,8-11,13-14H2,(H,33,38). The molecule has 2 N–H and O–H groups in total. The fourth-order valence-corrected chi connectivity index (χ4v) is 5.47. The summed E-state index contributed by atoms with van der Waals surface area (Å²) >= 11 is 0. The van der Waals surface area contributed by atoms with Gasteiger partial charge in [-0.05, 0) is 61.6 Å². The highest BCUT2D eigenvalue weighted by Crippen LogP contribution is 2.48. The Labute approximate surface area is 220 Å². The van der Waals surface area contributed by atoms with Crippen LogP contribution in [0.2, 0.25) is 0 Å². The summed E-state index contributed by atoms with van der Waals surface area (Å²) in [5.74, 6) is -2.98. The molecule has 1 saturated heterocycles. The summed E-state index contributed by atoms with van der Waals surface area (Å²) in [5, 5.41) is 21.3. The van der Waals surface area contributed by atoms with Crippen LogP contribution in [-0.4, -0.2) is 52.0 Å². The maximum absolute atomic E-state index is 14.9. The molecule has 1 aliphatic heterocycles. The van der Waals surface area contributed by atoms with Gasteiger partial charge in [0, 0.05) is 18.5 Å². The number of benzene rings is 2. The van der Waals surface area contributed by atoms with Gasteiger partial charge in [0.1, 0.15) is 17.9 Å². The van der Waals surface area contributed by atoms with E-state index >= 15 is 0 Å². The van der Waals surface area contributed by atoms with E-state index in [9.17, 15) is 37.1 Å². The third-order valence-electron chi connectivity index (χ3n) is 7.74. The summed E-state index contributed by atoms with van der Waals surface area (Å²) in [6.07, 6.45) is -4.26. The number of alkyl halides is 3. The van der Waals surface area contributed by atoms with E-state index in [4.69, 9.17) is 5.26 Å². The van der Waals surface area contributed by atoms with Gasteiger partial charge in [-0.15, -0.1) is 0 Å². The zero-order valence-electron chi connectivity index (χ0n) is 20.5. The molecule has 39 heavy (non-hydrogen) atoms. The van der Waals surface area contributed by atoms with Crippen LogP contribution in [0.25, 0.3) is 0 Å². The third kappa shape index (κ3) is 4.83. The second-order valence-corrected chi connectivity index (χ2v) is 10.3. The molecule has 3 aliphatic rings. The SMILES string of the molecule is N#Cc1ccc(N2CC(=O)N(Cc3ccc(C(F)(F)F)cc3)C3(CC(C(=O)NC4CC(O)C4)C3)C2=O)c(F)c1. The van der Waals surface area contributed by atoms with Crippen LogP contribution in [0.15, 0.2) is 42.5 Å². The topological polar surface area (TPSA) is 114 Å². The highest BCUT2D eigenvalue weighted by Gasteiger charge is 2.62. The van der Waals surface area contributed by atoms with E-state index in [1.807, 2.05) is 0 Å². The Morgan fingerprint density at radius 3 is 2.36 bits per heavy atom. The molecule has 0 radical (unpaired) electrons. The van der Waals surface area contributed by atoms with Gasteiger partial charge in [0.25, 0.3) is 5.91 Å². The van der Waals surface area contributed by atoms with E-state index in [0.717, 1.165) is 23.1 Å². The summed E-state index contributed by atoms with van der Waals surface area (Å²) in [7, 11) is 0. The molecule has 3 fully saturated rings. The monoisotopic (exact) mass is 544 g/mol. The van der Waals surface area contributed by atoms with Crippen LogP contribution >= 0.6 is 0 Å². The van der Waals surface area contributed by atoms with E-state index in [0.29, 0.717) is 18.4 Å². The Bertz CT molecular complexity index is 1360. The minimum Gasteiger partial charge on any atom is -0.393 e. The van der Waals surface area contributed by atoms with Crippen molar-refractivity contribution < 1.29 is 37.1 Å². The number of nitrogens with zero attached hydrogens (tertiary/aromatic N) is 3. The van der Waals surface area contributed by atoms with Crippen LogP contribution in [0.5, 0.6) is 0 Å². The molecule has 0 unspecified atom stereocenters. The first-order valence-corrected chi connectivity index (χ1v) is 12.4. The Hall–Kier alpha value is -3.98. The van der Waals surface area contributed by atoms with Gasteiger partial charge in [-0.3, -0.25) is 19.3 Å². The van der Waals surface area contributed by atoms with Crippen molar-refractivity contribution in [2.75, 3.05) is 11.4 Å². The van der Waals surface area contributed by atoms with Gasteiger partial charge >= 0.3 is 6.18 Å². The van der Waals surface area contributed by atoms with Crippen LogP contribution in [-0.2, 0) is 27.1 Å². The van der Waals surface area contributed by atoms with Crippen LogP contribution in [0.1, 0.15) is 42.4 Å². The van der Waals surface area contributed by atoms with Gasteiger partial charge in [0.15, 0.2) is 0 Å². The molecular formula is C27H24F4N4O4. The number of anilines is 1. The average molecular weight is 545 g/mol. The van der Waals surface area contributed by atoms with E-state index in [1.165, 1.54) is 29.2 Å². The lowest BCUT2D eigenvalue weighted by atomic mass is 9.64. The third-order valence-corrected chi connectivity index (χ3v) is 7.74. The van der Waals surface area contributed by atoms with Crippen molar-refractivity contribution in [3.05, 3.63) is 65.0 Å². The molecule has 12 heteroatoms. The molecule has 204 valence electrons. The zero-order valence-corrected chi connectivity index (χ0v) is 20.5. The zero-order chi connectivity index (χ0) is 28.1.